The maximum atomic E-state index is 2.89. The van der Waals surface area contributed by atoms with Crippen LogP contribution in [0.1, 0.15) is 160 Å². The van der Waals surface area contributed by atoms with E-state index in [0.717, 1.165) is 6.42 Å². The lowest BCUT2D eigenvalue weighted by Crippen LogP contribution is -2.62. The van der Waals surface area contributed by atoms with Gasteiger partial charge in [0.05, 0.1) is 11.2 Å². The predicted octanol–water partition coefficient (Wildman–Crippen LogP) is 16.0. The average molecular weight is 915 g/mol. The Morgan fingerprint density at radius 3 is 1.83 bits per heavy atom. The molecule has 5 unspecified atom stereocenters. The van der Waals surface area contributed by atoms with Crippen molar-refractivity contribution in [3.63, 3.8) is 0 Å². The van der Waals surface area contributed by atoms with Gasteiger partial charge in [-0.2, -0.15) is 0 Å². The highest BCUT2D eigenvalue weighted by atomic mass is 15.3. The predicted molar refractivity (Wildman–Crippen MR) is 299 cm³/mol. The van der Waals surface area contributed by atoms with E-state index in [0.29, 0.717) is 5.92 Å². The van der Waals surface area contributed by atoms with Crippen molar-refractivity contribution in [2.24, 2.45) is 5.41 Å². The van der Waals surface area contributed by atoms with Crippen molar-refractivity contribution < 1.29 is 0 Å². The average Bonchev–Trinajstić information content (AvgIpc) is 3.70. The molecule has 3 heteroatoms. The molecule has 0 bridgehead atoms. The Morgan fingerprint density at radius 2 is 1.11 bits per heavy atom. The molecule has 70 heavy (non-hydrogen) atoms. The number of nitrogens with zero attached hydrogens (tertiary/aromatic N) is 2. The molecule has 7 aromatic rings. The molecule has 3 heterocycles. The van der Waals surface area contributed by atoms with Crippen molar-refractivity contribution in [3.8, 4) is 22.3 Å². The highest BCUT2D eigenvalue weighted by Gasteiger charge is 2.63. The second kappa shape index (κ2) is 14.9. The van der Waals surface area contributed by atoms with E-state index in [1.54, 1.807) is 22.2 Å². The molecule has 0 N–H and O–H groups in total. The van der Waals surface area contributed by atoms with Crippen molar-refractivity contribution in [2.45, 2.75) is 154 Å². The Hall–Kier alpha value is -5.80. The summed E-state index contributed by atoms with van der Waals surface area (Å²) in [6.07, 6.45) is 9.95. The Kier molecular flexibility index (Phi) is 9.39. The summed E-state index contributed by atoms with van der Waals surface area (Å²) in [5.74, 6) is 0.299. The molecule has 2 fully saturated rings. The molecule has 6 aliphatic rings. The lowest BCUT2D eigenvalue weighted by Gasteiger charge is -2.52. The van der Waals surface area contributed by atoms with E-state index < -0.39 is 0 Å². The third kappa shape index (κ3) is 5.87. The van der Waals surface area contributed by atoms with Gasteiger partial charge in [0.15, 0.2) is 0 Å². The van der Waals surface area contributed by atoms with Crippen molar-refractivity contribution in [1.82, 2.24) is 0 Å². The van der Waals surface area contributed by atoms with Gasteiger partial charge in [0, 0.05) is 39.6 Å². The minimum atomic E-state index is -0.109. The Labute approximate surface area is 419 Å². The molecule has 2 nitrogen and oxygen atoms in total. The number of anilines is 5. The fraction of sp³-hybridized carbons (Fsp3) is 0.373. The van der Waals surface area contributed by atoms with Gasteiger partial charge in [0.25, 0.3) is 0 Å². The molecule has 0 amide bonds. The summed E-state index contributed by atoms with van der Waals surface area (Å²) in [6, 6.07) is 57.8. The molecule has 13 rings (SSSR count). The maximum Gasteiger partial charge on any atom is 0.247 e. The zero-order chi connectivity index (χ0) is 48.3. The highest BCUT2D eigenvalue weighted by molar-refractivity contribution is 6.99. The van der Waals surface area contributed by atoms with Crippen LogP contribution < -0.4 is 26.2 Å². The van der Waals surface area contributed by atoms with E-state index in [4.69, 9.17) is 0 Å². The summed E-state index contributed by atoms with van der Waals surface area (Å²) in [6.45, 7) is 25.0. The van der Waals surface area contributed by atoms with E-state index in [1.807, 2.05) is 0 Å². The normalized spacial score (nSPS) is 26.0. The maximum absolute atomic E-state index is 2.89. The fourth-order valence-corrected chi connectivity index (χ4v) is 15.7. The first-order chi connectivity index (χ1) is 33.5. The molecule has 2 saturated carbocycles. The second-order valence-electron chi connectivity index (χ2n) is 25.6. The van der Waals surface area contributed by atoms with Gasteiger partial charge < -0.3 is 9.80 Å². The quantitative estimate of drug-likeness (QED) is 0.162. The zero-order valence-electron chi connectivity index (χ0n) is 43.6. The van der Waals surface area contributed by atoms with Gasteiger partial charge >= 0.3 is 0 Å². The van der Waals surface area contributed by atoms with Crippen LogP contribution in [0.2, 0.25) is 0 Å². The largest absolute Gasteiger partial charge is 0.334 e. The summed E-state index contributed by atoms with van der Waals surface area (Å²) in [5, 5.41) is 0. The van der Waals surface area contributed by atoms with Crippen LogP contribution in [-0.4, -0.2) is 12.3 Å². The molecule has 0 aromatic heterocycles. The zero-order valence-corrected chi connectivity index (χ0v) is 43.6. The van der Waals surface area contributed by atoms with Crippen molar-refractivity contribution >= 4 is 51.5 Å². The molecule has 3 aliphatic heterocycles. The minimum Gasteiger partial charge on any atom is -0.334 e. The highest BCUT2D eigenvalue weighted by Crippen LogP contribution is 2.68. The van der Waals surface area contributed by atoms with Gasteiger partial charge in [-0.05, 0) is 158 Å². The lowest BCUT2D eigenvalue weighted by atomic mass is 9.30. The van der Waals surface area contributed by atoms with Gasteiger partial charge in [0.2, 0.25) is 6.71 Å². The molecule has 0 saturated heterocycles. The monoisotopic (exact) mass is 915 g/mol. The van der Waals surface area contributed by atoms with Crippen LogP contribution in [0.3, 0.4) is 0 Å². The van der Waals surface area contributed by atoms with E-state index in [9.17, 15) is 0 Å². The first kappa shape index (κ1) is 44.2. The second-order valence-corrected chi connectivity index (χ2v) is 25.6. The van der Waals surface area contributed by atoms with Gasteiger partial charge in [0.1, 0.15) is 0 Å². The molecule has 5 atom stereocenters. The van der Waals surface area contributed by atoms with E-state index in [1.165, 1.54) is 123 Å². The third-order valence-corrected chi connectivity index (χ3v) is 20.0. The number of rotatable bonds is 4. The van der Waals surface area contributed by atoms with Gasteiger partial charge in [-0.25, -0.2) is 0 Å². The first-order valence-electron chi connectivity index (χ1n) is 26.9. The number of benzene rings is 7. The molecular weight excluding hydrogens is 844 g/mol. The van der Waals surface area contributed by atoms with Gasteiger partial charge in [-0.15, -0.1) is 0 Å². The van der Waals surface area contributed by atoms with Crippen molar-refractivity contribution in [1.29, 1.82) is 0 Å². The van der Waals surface area contributed by atoms with Crippen LogP contribution in [0.15, 0.2) is 146 Å². The van der Waals surface area contributed by atoms with Crippen LogP contribution in [-0.2, 0) is 21.7 Å². The Bertz CT molecular complexity index is 3280. The molecule has 0 radical (unpaired) electrons. The molecule has 0 spiro atoms. The number of hydrogen-bond acceptors (Lipinski definition) is 2. The van der Waals surface area contributed by atoms with Gasteiger partial charge in [-0.3, -0.25) is 0 Å². The molecule has 3 aliphatic carbocycles. The van der Waals surface area contributed by atoms with Crippen LogP contribution in [0.5, 0.6) is 0 Å². The smallest absolute Gasteiger partial charge is 0.247 e. The summed E-state index contributed by atoms with van der Waals surface area (Å²) in [7, 11) is 0. The van der Waals surface area contributed by atoms with E-state index in [2.05, 4.69) is 225 Å². The van der Waals surface area contributed by atoms with E-state index >= 15 is 0 Å². The summed E-state index contributed by atoms with van der Waals surface area (Å²) in [5.41, 5.74) is 25.5. The van der Waals surface area contributed by atoms with Crippen molar-refractivity contribution in [3.05, 3.63) is 179 Å². The third-order valence-electron chi connectivity index (χ3n) is 20.0. The Balaban J connectivity index is 1.15. The number of fused-ring (bicyclic) bond motifs is 10. The van der Waals surface area contributed by atoms with Crippen LogP contribution in [0, 0.1) is 5.41 Å². The summed E-state index contributed by atoms with van der Waals surface area (Å²) >= 11 is 0. The topological polar surface area (TPSA) is 6.48 Å². The SMILES string of the molecule is CC(C)(C)c1ccc2c(c1)B1c3cccc4c3C(c3cc(N5c6ccc(-c7ccccc7)cc6C6(C)CCCCC56C)cc(c31)N2c1ccc(C(C)(C)C)cc1-c1ccccc1)C1(C)CCCCC41C. The van der Waals surface area contributed by atoms with E-state index in [-0.39, 0.29) is 39.3 Å². The Morgan fingerprint density at radius 1 is 0.486 bits per heavy atom. The fourth-order valence-electron chi connectivity index (χ4n) is 15.7. The standard InChI is InChI=1S/C67H71BN2/c1-62(2,3)46-29-32-55(49(39-46)44-24-15-12-16-25-44)69-57-33-30-47(63(4,5)6)40-54(57)68-53-27-21-26-51-59(53)60(66(9)36-18-17-34-64(51,66)7)50-41-48(42-58(69)61(50)68)70-56-31-28-45(43-22-13-11-14-23-43)38-52(56)65(8)35-19-20-37-67(65,70)10/h11-16,21-33,38-42,60H,17-20,34-37H2,1-10H3. The lowest BCUT2D eigenvalue weighted by molar-refractivity contribution is 0.0926. The van der Waals surface area contributed by atoms with Crippen LogP contribution >= 0.6 is 0 Å². The molecular formula is C67H71BN2. The minimum absolute atomic E-state index is 0.00622. The van der Waals surface area contributed by atoms with Crippen LogP contribution in [0.25, 0.3) is 22.3 Å². The first-order valence-corrected chi connectivity index (χ1v) is 26.9. The molecule has 7 aromatic carbocycles. The molecule has 352 valence electrons. The van der Waals surface area contributed by atoms with Crippen molar-refractivity contribution in [2.75, 3.05) is 9.80 Å². The van der Waals surface area contributed by atoms with Gasteiger partial charge in [-0.1, -0.05) is 197 Å². The summed E-state index contributed by atoms with van der Waals surface area (Å²) in [4.78, 5) is 5.64. The number of hydrogen-bond donors (Lipinski definition) is 0. The van der Waals surface area contributed by atoms with Crippen LogP contribution in [0.4, 0.5) is 28.4 Å². The summed E-state index contributed by atoms with van der Waals surface area (Å²) < 4.78 is 0.